The van der Waals surface area contributed by atoms with Gasteiger partial charge in [-0.25, -0.2) is 9.67 Å². The fourth-order valence-corrected chi connectivity index (χ4v) is 2.48. The molecule has 0 saturated heterocycles. The molecule has 0 atom stereocenters. The van der Waals surface area contributed by atoms with Crippen molar-refractivity contribution in [3.05, 3.63) is 27.5 Å². The molecule has 6 heteroatoms. The van der Waals surface area contributed by atoms with Gasteiger partial charge in [-0.1, -0.05) is 0 Å². The van der Waals surface area contributed by atoms with Crippen LogP contribution in [0, 0.1) is 6.92 Å². The third-order valence-corrected chi connectivity index (χ3v) is 3.30. The lowest BCUT2D eigenvalue weighted by Gasteiger charge is -2.04. The molecule has 0 aliphatic rings. The average molecular weight is 264 g/mol. The molecule has 0 unspecified atom stereocenters. The second kappa shape index (κ2) is 5.30. The minimum Gasteiger partial charge on any atom is -0.362 e. The molecule has 2 rings (SSSR count). The number of hydrogen-bond donors (Lipinski definition) is 1. The molecular formula is C12H16N4OS. The standard InChI is InChI=1S/C12H16N4OS/c1-4-13-12-14-10(7-18-12)9-6-8(3)15-16(5-2)11(9)17/h6-7H,4-5H2,1-3H3,(H,13,14). The highest BCUT2D eigenvalue weighted by molar-refractivity contribution is 7.14. The maximum absolute atomic E-state index is 12.2. The molecule has 2 aromatic rings. The van der Waals surface area contributed by atoms with Crippen LogP contribution in [0.4, 0.5) is 5.13 Å². The van der Waals surface area contributed by atoms with Crippen LogP contribution in [-0.2, 0) is 6.54 Å². The van der Waals surface area contributed by atoms with E-state index in [1.54, 1.807) is 6.07 Å². The summed E-state index contributed by atoms with van der Waals surface area (Å²) in [5.74, 6) is 0. The summed E-state index contributed by atoms with van der Waals surface area (Å²) >= 11 is 1.51. The van der Waals surface area contributed by atoms with E-state index in [0.717, 1.165) is 17.4 Å². The lowest BCUT2D eigenvalue weighted by molar-refractivity contribution is 0.607. The van der Waals surface area contributed by atoms with Crippen molar-refractivity contribution in [1.29, 1.82) is 0 Å². The lowest BCUT2D eigenvalue weighted by atomic mass is 10.2. The molecule has 0 bridgehead atoms. The summed E-state index contributed by atoms with van der Waals surface area (Å²) in [5.41, 5.74) is 2.07. The van der Waals surface area contributed by atoms with Crippen molar-refractivity contribution in [2.45, 2.75) is 27.3 Å². The second-order valence-electron chi connectivity index (χ2n) is 3.89. The van der Waals surface area contributed by atoms with Gasteiger partial charge in [0.2, 0.25) is 0 Å². The minimum atomic E-state index is -0.0866. The monoisotopic (exact) mass is 264 g/mol. The molecular weight excluding hydrogens is 248 g/mol. The third-order valence-electron chi connectivity index (χ3n) is 2.50. The smallest absolute Gasteiger partial charge is 0.276 e. The minimum absolute atomic E-state index is 0.0866. The summed E-state index contributed by atoms with van der Waals surface area (Å²) in [5, 5.41) is 10.1. The predicted molar refractivity (Wildman–Crippen MR) is 74.2 cm³/mol. The van der Waals surface area contributed by atoms with Gasteiger partial charge in [0.15, 0.2) is 5.13 Å². The summed E-state index contributed by atoms with van der Waals surface area (Å²) in [4.78, 5) is 16.6. The Morgan fingerprint density at radius 3 is 2.89 bits per heavy atom. The first-order chi connectivity index (χ1) is 8.65. The van der Waals surface area contributed by atoms with Gasteiger partial charge in [-0.05, 0) is 26.8 Å². The van der Waals surface area contributed by atoms with Gasteiger partial charge >= 0.3 is 0 Å². The van der Waals surface area contributed by atoms with E-state index in [2.05, 4.69) is 15.4 Å². The lowest BCUT2D eigenvalue weighted by Crippen LogP contribution is -2.24. The van der Waals surface area contributed by atoms with Crippen LogP contribution in [0.15, 0.2) is 16.2 Å². The fraction of sp³-hybridized carbons (Fsp3) is 0.417. The molecule has 0 radical (unpaired) electrons. The van der Waals surface area contributed by atoms with Gasteiger partial charge in [0, 0.05) is 18.5 Å². The highest BCUT2D eigenvalue weighted by Crippen LogP contribution is 2.22. The van der Waals surface area contributed by atoms with Crippen LogP contribution in [0.2, 0.25) is 0 Å². The van der Waals surface area contributed by atoms with Crippen molar-refractivity contribution in [1.82, 2.24) is 14.8 Å². The molecule has 0 aromatic carbocycles. The number of aromatic nitrogens is 3. The number of anilines is 1. The molecule has 0 amide bonds. The Morgan fingerprint density at radius 1 is 1.44 bits per heavy atom. The zero-order valence-electron chi connectivity index (χ0n) is 10.7. The van der Waals surface area contributed by atoms with Crippen LogP contribution < -0.4 is 10.9 Å². The quantitative estimate of drug-likeness (QED) is 0.919. The maximum atomic E-state index is 12.2. The Balaban J connectivity index is 2.49. The van der Waals surface area contributed by atoms with Crippen LogP contribution in [0.1, 0.15) is 19.5 Å². The SMILES string of the molecule is CCNc1nc(-c2cc(C)nn(CC)c2=O)cs1. The summed E-state index contributed by atoms with van der Waals surface area (Å²) in [6.45, 7) is 7.19. The van der Waals surface area contributed by atoms with Crippen LogP contribution in [0.3, 0.4) is 0 Å². The predicted octanol–water partition coefficient (Wildman–Crippen LogP) is 2.13. The zero-order valence-corrected chi connectivity index (χ0v) is 11.5. The summed E-state index contributed by atoms with van der Waals surface area (Å²) in [7, 11) is 0. The van der Waals surface area contributed by atoms with Gasteiger partial charge < -0.3 is 5.32 Å². The largest absolute Gasteiger partial charge is 0.362 e. The third kappa shape index (κ3) is 2.43. The topological polar surface area (TPSA) is 59.8 Å². The Bertz CT molecular complexity index is 602. The number of nitrogens with zero attached hydrogens (tertiary/aromatic N) is 3. The fourth-order valence-electron chi connectivity index (χ4n) is 1.70. The molecule has 2 aromatic heterocycles. The number of nitrogens with one attached hydrogen (secondary N) is 1. The van der Waals surface area contributed by atoms with Gasteiger partial charge in [0.25, 0.3) is 5.56 Å². The molecule has 0 saturated carbocycles. The van der Waals surface area contributed by atoms with Crippen LogP contribution in [0.25, 0.3) is 11.3 Å². The molecule has 96 valence electrons. The van der Waals surface area contributed by atoms with E-state index in [0.29, 0.717) is 17.8 Å². The van der Waals surface area contributed by atoms with Crippen molar-refractivity contribution in [3.8, 4) is 11.3 Å². The highest BCUT2D eigenvalue weighted by atomic mass is 32.1. The van der Waals surface area contributed by atoms with E-state index in [1.165, 1.54) is 16.0 Å². The first-order valence-electron chi connectivity index (χ1n) is 5.94. The van der Waals surface area contributed by atoms with Gasteiger partial charge in [-0.2, -0.15) is 5.10 Å². The number of aryl methyl sites for hydroxylation is 2. The summed E-state index contributed by atoms with van der Waals surface area (Å²) < 4.78 is 1.47. The molecule has 5 nitrogen and oxygen atoms in total. The molecule has 2 heterocycles. The van der Waals surface area contributed by atoms with Gasteiger partial charge in [0.05, 0.1) is 17.0 Å². The van der Waals surface area contributed by atoms with Crippen molar-refractivity contribution < 1.29 is 0 Å². The van der Waals surface area contributed by atoms with E-state index in [-0.39, 0.29) is 5.56 Å². The second-order valence-corrected chi connectivity index (χ2v) is 4.75. The van der Waals surface area contributed by atoms with Crippen molar-refractivity contribution in [2.75, 3.05) is 11.9 Å². The van der Waals surface area contributed by atoms with E-state index in [1.807, 2.05) is 26.2 Å². The zero-order chi connectivity index (χ0) is 13.1. The van der Waals surface area contributed by atoms with Crippen molar-refractivity contribution in [2.24, 2.45) is 0 Å². The highest BCUT2D eigenvalue weighted by Gasteiger charge is 2.11. The van der Waals surface area contributed by atoms with E-state index in [4.69, 9.17) is 0 Å². The Morgan fingerprint density at radius 2 is 2.22 bits per heavy atom. The molecule has 0 fully saturated rings. The first kappa shape index (κ1) is 12.8. The van der Waals surface area contributed by atoms with Crippen molar-refractivity contribution >= 4 is 16.5 Å². The van der Waals surface area contributed by atoms with Crippen LogP contribution >= 0.6 is 11.3 Å². The van der Waals surface area contributed by atoms with E-state index >= 15 is 0 Å². The number of hydrogen-bond acceptors (Lipinski definition) is 5. The molecule has 0 aliphatic heterocycles. The normalized spacial score (nSPS) is 10.6. The first-order valence-corrected chi connectivity index (χ1v) is 6.82. The van der Waals surface area contributed by atoms with Gasteiger partial charge in [0.1, 0.15) is 0 Å². The maximum Gasteiger partial charge on any atom is 0.276 e. The van der Waals surface area contributed by atoms with Crippen molar-refractivity contribution in [3.63, 3.8) is 0 Å². The van der Waals surface area contributed by atoms with Gasteiger partial charge in [-0.15, -0.1) is 11.3 Å². The van der Waals surface area contributed by atoms with Crippen LogP contribution in [0.5, 0.6) is 0 Å². The summed E-state index contributed by atoms with van der Waals surface area (Å²) in [6.07, 6.45) is 0. The number of rotatable bonds is 4. The van der Waals surface area contributed by atoms with Crippen LogP contribution in [-0.4, -0.2) is 21.3 Å². The average Bonchev–Trinajstić information content (AvgIpc) is 2.80. The molecule has 1 N–H and O–H groups in total. The number of thiazole rings is 1. The van der Waals surface area contributed by atoms with Gasteiger partial charge in [-0.3, -0.25) is 4.79 Å². The Kier molecular flexibility index (Phi) is 3.76. The van der Waals surface area contributed by atoms with E-state index in [9.17, 15) is 4.79 Å². The Hall–Kier alpha value is -1.69. The molecule has 18 heavy (non-hydrogen) atoms. The molecule has 0 spiro atoms. The van der Waals surface area contributed by atoms with E-state index < -0.39 is 0 Å². The summed E-state index contributed by atoms with van der Waals surface area (Å²) in [6, 6.07) is 1.79. The molecule has 0 aliphatic carbocycles. The Labute approximate surface area is 110 Å².